The molecule has 0 unspecified atom stereocenters. The second kappa shape index (κ2) is 10.5. The first kappa shape index (κ1) is 18.8. The minimum Gasteiger partial charge on any atom is -0.493 e. The van der Waals surface area contributed by atoms with Crippen molar-refractivity contribution in [3.63, 3.8) is 0 Å². The van der Waals surface area contributed by atoms with Gasteiger partial charge in [0.2, 0.25) is 5.75 Å². The largest absolute Gasteiger partial charge is 0.493 e. The van der Waals surface area contributed by atoms with E-state index in [4.69, 9.17) is 18.9 Å². The van der Waals surface area contributed by atoms with Crippen molar-refractivity contribution in [3.05, 3.63) is 18.2 Å². The van der Waals surface area contributed by atoms with Crippen LogP contribution in [0.1, 0.15) is 39.0 Å². The van der Waals surface area contributed by atoms with Crippen LogP contribution in [0.25, 0.3) is 0 Å². The Labute approximate surface area is 136 Å². The summed E-state index contributed by atoms with van der Waals surface area (Å²) in [6, 6.07) is 5.13. The van der Waals surface area contributed by atoms with E-state index >= 15 is 0 Å². The molecule has 0 radical (unpaired) electrons. The molecule has 128 valence electrons. The summed E-state index contributed by atoms with van der Waals surface area (Å²) < 4.78 is 20.6. The number of esters is 2. The quantitative estimate of drug-likeness (QED) is 0.374. The van der Waals surface area contributed by atoms with Crippen molar-refractivity contribution in [3.8, 4) is 17.2 Å². The fraction of sp³-hybridized carbons (Fsp3) is 0.529. The van der Waals surface area contributed by atoms with Crippen LogP contribution in [0.3, 0.4) is 0 Å². The third kappa shape index (κ3) is 6.59. The minimum atomic E-state index is -0.394. The predicted molar refractivity (Wildman–Crippen MR) is 84.9 cm³/mol. The van der Waals surface area contributed by atoms with Crippen molar-refractivity contribution in [2.45, 2.75) is 39.0 Å². The van der Waals surface area contributed by atoms with Gasteiger partial charge >= 0.3 is 11.9 Å². The van der Waals surface area contributed by atoms with Gasteiger partial charge in [-0.15, -0.1) is 0 Å². The lowest BCUT2D eigenvalue weighted by Gasteiger charge is -2.12. The molecule has 0 heterocycles. The van der Waals surface area contributed by atoms with E-state index in [-0.39, 0.29) is 18.1 Å². The van der Waals surface area contributed by atoms with E-state index in [0.29, 0.717) is 37.4 Å². The summed E-state index contributed by atoms with van der Waals surface area (Å²) in [5.41, 5.74) is 0. The molecule has 0 fully saturated rings. The number of benzene rings is 1. The summed E-state index contributed by atoms with van der Waals surface area (Å²) in [6.45, 7) is 2.38. The number of hydrogen-bond donors (Lipinski definition) is 0. The van der Waals surface area contributed by atoms with Gasteiger partial charge in [-0.3, -0.25) is 9.59 Å². The van der Waals surface area contributed by atoms with Gasteiger partial charge in [-0.25, -0.2) is 0 Å². The van der Waals surface area contributed by atoms with E-state index < -0.39 is 5.97 Å². The molecule has 0 spiro atoms. The minimum absolute atomic E-state index is 0.211. The van der Waals surface area contributed by atoms with E-state index in [1.807, 2.05) is 6.92 Å². The summed E-state index contributed by atoms with van der Waals surface area (Å²) in [6.07, 6.45) is 2.46. The van der Waals surface area contributed by atoms with Crippen LogP contribution in [-0.2, 0) is 14.3 Å². The molecule has 1 rings (SSSR count). The molecule has 0 saturated heterocycles. The van der Waals surface area contributed by atoms with Crippen LogP contribution in [0.4, 0.5) is 0 Å². The summed E-state index contributed by atoms with van der Waals surface area (Å²) in [4.78, 5) is 23.2. The van der Waals surface area contributed by atoms with Gasteiger partial charge in [0.05, 0.1) is 20.8 Å². The van der Waals surface area contributed by atoms with Crippen molar-refractivity contribution in [2.24, 2.45) is 0 Å². The monoisotopic (exact) mass is 324 g/mol. The first-order valence-electron chi connectivity index (χ1n) is 7.69. The Hall–Kier alpha value is -2.24. The number of carbonyl (C=O) groups excluding carboxylic acids is 2. The van der Waals surface area contributed by atoms with Crippen molar-refractivity contribution < 1.29 is 28.5 Å². The topological polar surface area (TPSA) is 71.1 Å². The van der Waals surface area contributed by atoms with E-state index in [9.17, 15) is 9.59 Å². The Balaban J connectivity index is 2.41. The lowest BCUT2D eigenvalue weighted by atomic mass is 10.2. The Bertz CT molecular complexity index is 490. The van der Waals surface area contributed by atoms with Crippen LogP contribution in [-0.4, -0.2) is 32.8 Å². The Morgan fingerprint density at radius 2 is 1.52 bits per heavy atom. The zero-order chi connectivity index (χ0) is 17.1. The Morgan fingerprint density at radius 3 is 2.04 bits per heavy atom. The molecule has 0 bridgehead atoms. The summed E-state index contributed by atoms with van der Waals surface area (Å²) in [5, 5.41) is 0. The number of unbranched alkanes of at least 4 members (excludes halogenated alkanes) is 1. The van der Waals surface area contributed by atoms with Gasteiger partial charge in [0.15, 0.2) is 11.5 Å². The van der Waals surface area contributed by atoms with Crippen LogP contribution < -0.4 is 14.2 Å². The molecular formula is C17H24O6. The Kier molecular flexibility index (Phi) is 8.57. The third-order valence-electron chi connectivity index (χ3n) is 3.08. The Morgan fingerprint density at radius 1 is 0.957 bits per heavy atom. The van der Waals surface area contributed by atoms with E-state index in [1.165, 1.54) is 14.2 Å². The first-order chi connectivity index (χ1) is 11.1. The molecule has 0 aliphatic carbocycles. The van der Waals surface area contributed by atoms with Gasteiger partial charge < -0.3 is 18.9 Å². The van der Waals surface area contributed by atoms with Gasteiger partial charge in [0, 0.05) is 12.8 Å². The second-order valence-corrected chi connectivity index (χ2v) is 4.89. The fourth-order valence-electron chi connectivity index (χ4n) is 1.91. The van der Waals surface area contributed by atoms with E-state index in [2.05, 4.69) is 0 Å². The van der Waals surface area contributed by atoms with E-state index in [0.717, 1.165) is 6.42 Å². The highest BCUT2D eigenvalue weighted by molar-refractivity contribution is 5.74. The van der Waals surface area contributed by atoms with Gasteiger partial charge in [-0.2, -0.15) is 0 Å². The number of rotatable bonds is 10. The molecule has 0 aliphatic heterocycles. The first-order valence-corrected chi connectivity index (χ1v) is 7.69. The summed E-state index contributed by atoms with van der Waals surface area (Å²) >= 11 is 0. The summed E-state index contributed by atoms with van der Waals surface area (Å²) in [5.74, 6) is 0.507. The molecule has 0 aromatic heterocycles. The number of methoxy groups -OCH3 is 2. The zero-order valence-electron chi connectivity index (χ0n) is 13.9. The van der Waals surface area contributed by atoms with Crippen molar-refractivity contribution in [1.82, 2.24) is 0 Å². The van der Waals surface area contributed by atoms with Crippen LogP contribution >= 0.6 is 0 Å². The van der Waals surface area contributed by atoms with Gasteiger partial charge in [0.25, 0.3) is 0 Å². The molecule has 23 heavy (non-hydrogen) atoms. The number of ether oxygens (including phenoxy) is 4. The lowest BCUT2D eigenvalue weighted by molar-refractivity contribution is -0.144. The highest BCUT2D eigenvalue weighted by Gasteiger charge is 2.15. The highest BCUT2D eigenvalue weighted by Crippen LogP contribution is 2.37. The predicted octanol–water partition coefficient (Wildman–Crippen LogP) is 3.12. The van der Waals surface area contributed by atoms with E-state index in [1.54, 1.807) is 18.2 Å². The fourth-order valence-corrected chi connectivity index (χ4v) is 1.91. The maximum atomic E-state index is 11.9. The molecule has 6 nitrogen and oxygen atoms in total. The zero-order valence-corrected chi connectivity index (χ0v) is 13.9. The molecular weight excluding hydrogens is 300 g/mol. The molecule has 1 aromatic rings. The molecule has 1 aromatic carbocycles. The van der Waals surface area contributed by atoms with Crippen LogP contribution in [0.5, 0.6) is 17.2 Å². The maximum Gasteiger partial charge on any atom is 0.311 e. The van der Waals surface area contributed by atoms with Gasteiger partial charge in [-0.1, -0.05) is 13.0 Å². The van der Waals surface area contributed by atoms with Crippen LogP contribution in [0.15, 0.2) is 18.2 Å². The normalized spacial score (nSPS) is 10.0. The average molecular weight is 324 g/mol. The smallest absolute Gasteiger partial charge is 0.311 e. The summed E-state index contributed by atoms with van der Waals surface area (Å²) in [7, 11) is 2.99. The number of para-hydroxylation sites is 1. The van der Waals surface area contributed by atoms with Crippen molar-refractivity contribution in [2.75, 3.05) is 20.8 Å². The average Bonchev–Trinajstić information content (AvgIpc) is 2.57. The van der Waals surface area contributed by atoms with Crippen LogP contribution in [0.2, 0.25) is 0 Å². The lowest BCUT2D eigenvalue weighted by Crippen LogP contribution is -2.10. The molecule has 0 atom stereocenters. The maximum absolute atomic E-state index is 11.9. The SMILES string of the molecule is CCCOC(=O)CCCCC(=O)Oc1c(OC)cccc1OC. The third-order valence-corrected chi connectivity index (χ3v) is 3.08. The number of carbonyl (C=O) groups is 2. The number of hydrogen-bond acceptors (Lipinski definition) is 6. The molecule has 0 N–H and O–H groups in total. The molecule has 6 heteroatoms. The van der Waals surface area contributed by atoms with Crippen molar-refractivity contribution >= 4 is 11.9 Å². The second-order valence-electron chi connectivity index (χ2n) is 4.89. The van der Waals surface area contributed by atoms with Gasteiger partial charge in [0.1, 0.15) is 0 Å². The standard InChI is InChI=1S/C17H24O6/c1-4-12-22-15(18)10-5-6-11-16(19)23-17-13(20-2)8-7-9-14(17)21-3/h7-9H,4-6,10-12H2,1-3H3. The molecule has 0 amide bonds. The van der Waals surface area contributed by atoms with Crippen LogP contribution in [0, 0.1) is 0 Å². The molecule has 0 saturated carbocycles. The van der Waals surface area contributed by atoms with Crippen molar-refractivity contribution in [1.29, 1.82) is 0 Å². The molecule has 0 aliphatic rings. The highest BCUT2D eigenvalue weighted by atomic mass is 16.6. The van der Waals surface area contributed by atoms with Gasteiger partial charge in [-0.05, 0) is 31.4 Å².